The van der Waals surface area contributed by atoms with Crippen molar-refractivity contribution in [1.29, 1.82) is 0 Å². The summed E-state index contributed by atoms with van der Waals surface area (Å²) in [7, 11) is 1.88. The molecule has 0 unspecified atom stereocenters. The van der Waals surface area contributed by atoms with Gasteiger partial charge in [0.25, 0.3) is 5.91 Å². The number of rotatable bonds is 2. The van der Waals surface area contributed by atoms with E-state index in [1.807, 2.05) is 36.3 Å². The van der Waals surface area contributed by atoms with Gasteiger partial charge in [0.1, 0.15) is 5.69 Å². The Hall–Kier alpha value is -3.35. The van der Waals surface area contributed by atoms with Gasteiger partial charge in [0.05, 0.1) is 11.2 Å². The number of carbonyl (C=O) groups is 1. The molecule has 0 bridgehead atoms. The summed E-state index contributed by atoms with van der Waals surface area (Å²) in [5.41, 5.74) is 3.67. The maximum absolute atomic E-state index is 12.8. The molecule has 0 atom stereocenters. The fraction of sp³-hybridized carbons (Fsp3) is 0.286. The summed E-state index contributed by atoms with van der Waals surface area (Å²) in [6, 6.07) is 7.76. The summed E-state index contributed by atoms with van der Waals surface area (Å²) < 4.78 is 1.75. The first-order chi connectivity index (χ1) is 13.7. The van der Waals surface area contributed by atoms with Crippen molar-refractivity contribution in [2.24, 2.45) is 7.05 Å². The van der Waals surface area contributed by atoms with Gasteiger partial charge in [-0.2, -0.15) is 5.10 Å². The number of hydrogen-bond donors (Lipinski definition) is 0. The molecule has 0 aromatic carbocycles. The van der Waals surface area contributed by atoms with Gasteiger partial charge in [-0.1, -0.05) is 0 Å². The van der Waals surface area contributed by atoms with Gasteiger partial charge in [0.2, 0.25) is 0 Å². The molecule has 1 aliphatic rings. The number of pyridine rings is 3. The van der Waals surface area contributed by atoms with E-state index in [9.17, 15) is 4.79 Å². The smallest absolute Gasteiger partial charge is 0.272 e. The van der Waals surface area contributed by atoms with E-state index in [1.165, 1.54) is 6.42 Å². The Morgan fingerprint density at radius 1 is 1.00 bits per heavy atom. The third kappa shape index (κ3) is 2.98. The summed E-state index contributed by atoms with van der Waals surface area (Å²) >= 11 is 0. The van der Waals surface area contributed by atoms with E-state index >= 15 is 0 Å². The van der Waals surface area contributed by atoms with Crippen LogP contribution in [0, 0.1) is 0 Å². The van der Waals surface area contributed by atoms with Crippen LogP contribution in [-0.2, 0) is 7.05 Å². The maximum Gasteiger partial charge on any atom is 0.272 e. The molecule has 7 heteroatoms. The molecule has 5 rings (SSSR count). The van der Waals surface area contributed by atoms with Crippen molar-refractivity contribution in [3.8, 4) is 11.3 Å². The van der Waals surface area contributed by atoms with E-state index < -0.39 is 0 Å². The molecule has 1 saturated heterocycles. The van der Waals surface area contributed by atoms with Crippen LogP contribution in [0.15, 0.2) is 42.9 Å². The lowest BCUT2D eigenvalue weighted by atomic mass is 10.1. The summed E-state index contributed by atoms with van der Waals surface area (Å²) in [5.74, 6) is -0.00718. The number of carbonyl (C=O) groups excluding carboxylic acids is 1. The fourth-order valence-corrected chi connectivity index (χ4v) is 3.73. The van der Waals surface area contributed by atoms with Gasteiger partial charge >= 0.3 is 0 Å². The van der Waals surface area contributed by atoms with Crippen LogP contribution in [0.2, 0.25) is 0 Å². The molecule has 5 heterocycles. The first-order valence-corrected chi connectivity index (χ1v) is 9.53. The van der Waals surface area contributed by atoms with Crippen LogP contribution in [0.3, 0.4) is 0 Å². The average Bonchev–Trinajstić information content (AvgIpc) is 3.12. The highest BCUT2D eigenvalue weighted by molar-refractivity contribution is 5.96. The number of hydrogen-bond acceptors (Lipinski definition) is 5. The van der Waals surface area contributed by atoms with Crippen LogP contribution >= 0.6 is 0 Å². The molecule has 0 saturated carbocycles. The molecule has 140 valence electrons. The van der Waals surface area contributed by atoms with Gasteiger partial charge in [-0.3, -0.25) is 14.5 Å². The topological polar surface area (TPSA) is 76.8 Å². The number of nitrogens with zero attached hydrogens (tertiary/aromatic N) is 6. The quantitative estimate of drug-likeness (QED) is 0.540. The highest BCUT2D eigenvalue weighted by Gasteiger charge is 2.19. The van der Waals surface area contributed by atoms with E-state index in [-0.39, 0.29) is 5.91 Å². The van der Waals surface area contributed by atoms with Crippen molar-refractivity contribution in [3.63, 3.8) is 0 Å². The second-order valence-corrected chi connectivity index (χ2v) is 7.25. The minimum atomic E-state index is -0.00718. The molecule has 4 aromatic rings. The number of aromatic nitrogens is 5. The lowest BCUT2D eigenvalue weighted by molar-refractivity contribution is 0.0718. The van der Waals surface area contributed by atoms with Gasteiger partial charge in [0, 0.05) is 55.1 Å². The molecular formula is C21H20N6O. The van der Waals surface area contributed by atoms with E-state index in [0.29, 0.717) is 11.3 Å². The zero-order chi connectivity index (χ0) is 19.1. The molecule has 0 N–H and O–H groups in total. The van der Waals surface area contributed by atoms with Crippen molar-refractivity contribution < 1.29 is 4.79 Å². The predicted octanol–water partition coefficient (Wildman–Crippen LogP) is 3.20. The van der Waals surface area contributed by atoms with Gasteiger partial charge < -0.3 is 4.90 Å². The molecule has 28 heavy (non-hydrogen) atoms. The summed E-state index contributed by atoms with van der Waals surface area (Å²) in [4.78, 5) is 28.2. The third-order valence-electron chi connectivity index (χ3n) is 5.21. The highest BCUT2D eigenvalue weighted by atomic mass is 16.2. The van der Waals surface area contributed by atoms with E-state index in [4.69, 9.17) is 4.98 Å². The molecule has 1 aliphatic heterocycles. The number of piperidine rings is 1. The minimum Gasteiger partial charge on any atom is -0.337 e. The number of amides is 1. The highest BCUT2D eigenvalue weighted by Crippen LogP contribution is 2.24. The first kappa shape index (κ1) is 16.8. The Morgan fingerprint density at radius 3 is 2.71 bits per heavy atom. The minimum absolute atomic E-state index is 0.00718. The maximum atomic E-state index is 12.8. The van der Waals surface area contributed by atoms with Crippen molar-refractivity contribution >= 4 is 27.8 Å². The van der Waals surface area contributed by atoms with E-state index in [1.54, 1.807) is 23.1 Å². The summed E-state index contributed by atoms with van der Waals surface area (Å²) in [6.07, 6.45) is 8.76. The van der Waals surface area contributed by atoms with Crippen LogP contribution in [0.4, 0.5) is 0 Å². The zero-order valence-corrected chi connectivity index (χ0v) is 15.7. The van der Waals surface area contributed by atoms with Crippen LogP contribution < -0.4 is 0 Å². The second kappa shape index (κ2) is 6.67. The molecule has 0 spiro atoms. The van der Waals surface area contributed by atoms with Crippen LogP contribution in [0.1, 0.15) is 29.8 Å². The second-order valence-electron chi connectivity index (χ2n) is 7.25. The van der Waals surface area contributed by atoms with Gasteiger partial charge in [-0.15, -0.1) is 0 Å². The van der Waals surface area contributed by atoms with Crippen LogP contribution in [0.25, 0.3) is 33.2 Å². The Labute approximate surface area is 162 Å². The largest absolute Gasteiger partial charge is 0.337 e. The SMILES string of the molecule is Cn1cc2cc(-c3ccc4cnc(C(=O)N5CCCCC5)cc4n3)cnc2n1. The van der Waals surface area contributed by atoms with Crippen LogP contribution in [-0.4, -0.2) is 48.6 Å². The molecule has 7 nitrogen and oxygen atoms in total. The number of aryl methyl sites for hydroxylation is 1. The molecule has 0 radical (unpaired) electrons. The Balaban J connectivity index is 1.52. The monoisotopic (exact) mass is 372 g/mol. The lowest BCUT2D eigenvalue weighted by Gasteiger charge is -2.26. The lowest BCUT2D eigenvalue weighted by Crippen LogP contribution is -2.36. The van der Waals surface area contributed by atoms with E-state index in [2.05, 4.69) is 15.1 Å². The van der Waals surface area contributed by atoms with Gasteiger partial charge in [-0.05, 0) is 43.5 Å². The Morgan fingerprint density at radius 2 is 1.86 bits per heavy atom. The molecule has 1 amide bonds. The summed E-state index contributed by atoms with van der Waals surface area (Å²) in [6.45, 7) is 1.62. The van der Waals surface area contributed by atoms with Crippen molar-refractivity contribution in [3.05, 3.63) is 48.5 Å². The summed E-state index contributed by atoms with van der Waals surface area (Å²) in [5, 5.41) is 6.19. The molecule has 4 aromatic heterocycles. The Bertz CT molecular complexity index is 1190. The molecule has 1 fully saturated rings. The first-order valence-electron chi connectivity index (χ1n) is 9.53. The van der Waals surface area contributed by atoms with Crippen LogP contribution in [0.5, 0.6) is 0 Å². The molecular weight excluding hydrogens is 352 g/mol. The third-order valence-corrected chi connectivity index (χ3v) is 5.21. The predicted molar refractivity (Wildman–Crippen MR) is 107 cm³/mol. The van der Waals surface area contributed by atoms with Gasteiger partial charge in [0.15, 0.2) is 5.65 Å². The van der Waals surface area contributed by atoms with Gasteiger partial charge in [-0.25, -0.2) is 9.97 Å². The number of fused-ring (bicyclic) bond motifs is 2. The van der Waals surface area contributed by atoms with Crippen molar-refractivity contribution in [2.45, 2.75) is 19.3 Å². The standard InChI is InChI=1S/C21H20N6O/c1-26-13-16-9-15(12-23-20(16)25-26)17-6-5-14-11-22-19(10-18(14)24-17)21(28)27-7-3-2-4-8-27/h5-6,9-13H,2-4,7-8H2,1H3. The van der Waals surface area contributed by atoms with E-state index in [0.717, 1.165) is 53.5 Å². The normalized spacial score (nSPS) is 14.7. The average molecular weight is 372 g/mol. The Kier molecular flexibility index (Phi) is 4.00. The molecule has 0 aliphatic carbocycles. The fourth-order valence-electron chi connectivity index (χ4n) is 3.73. The van der Waals surface area contributed by atoms with Crippen molar-refractivity contribution in [1.82, 2.24) is 29.6 Å². The zero-order valence-electron chi connectivity index (χ0n) is 15.7. The van der Waals surface area contributed by atoms with Crippen molar-refractivity contribution in [2.75, 3.05) is 13.1 Å². The number of likely N-dealkylation sites (tertiary alicyclic amines) is 1.